The molecule has 0 spiro atoms. The van der Waals surface area contributed by atoms with Gasteiger partial charge in [0, 0.05) is 19.1 Å². The molecule has 2 atom stereocenters. The third kappa shape index (κ3) is 2.64. The fraction of sp³-hybridized carbons (Fsp3) is 1.00. The molecule has 1 aliphatic heterocycles. The van der Waals surface area contributed by atoms with Crippen LogP contribution in [-0.2, 0) is 10.0 Å². The summed E-state index contributed by atoms with van der Waals surface area (Å²) in [6.07, 6.45) is 1.15. The minimum absolute atomic E-state index is 0.0210. The fourth-order valence-corrected chi connectivity index (χ4v) is 2.78. The van der Waals surface area contributed by atoms with Crippen molar-refractivity contribution in [1.82, 2.24) is 4.31 Å². The van der Waals surface area contributed by atoms with Gasteiger partial charge in [0.25, 0.3) is 10.0 Å². The molecule has 1 saturated heterocycles. The van der Waals surface area contributed by atoms with E-state index in [1.54, 1.807) is 0 Å². The van der Waals surface area contributed by atoms with Crippen LogP contribution in [0.3, 0.4) is 0 Å². The predicted octanol–water partition coefficient (Wildman–Crippen LogP) is 0.598. The van der Waals surface area contributed by atoms with E-state index in [9.17, 15) is 17.2 Å². The lowest BCUT2D eigenvalue weighted by atomic mass is 9.92. The summed E-state index contributed by atoms with van der Waals surface area (Å²) in [5, 5.41) is 0. The minimum atomic E-state index is -4.42. The van der Waals surface area contributed by atoms with E-state index in [0.29, 0.717) is 12.8 Å². The van der Waals surface area contributed by atoms with Crippen molar-refractivity contribution < 1.29 is 17.2 Å². The maximum Gasteiger partial charge on any atom is 0.350 e. The van der Waals surface area contributed by atoms with Gasteiger partial charge < -0.3 is 5.73 Å². The second-order valence-corrected chi connectivity index (χ2v) is 5.69. The Morgan fingerprint density at radius 1 is 1.53 bits per heavy atom. The highest BCUT2D eigenvalue weighted by Gasteiger charge is 2.37. The highest BCUT2D eigenvalue weighted by atomic mass is 32.2. The van der Waals surface area contributed by atoms with Crippen molar-refractivity contribution in [3.63, 3.8) is 0 Å². The molecule has 1 heterocycles. The van der Waals surface area contributed by atoms with Crippen LogP contribution in [0.15, 0.2) is 0 Å². The number of hydrogen-bond acceptors (Lipinski definition) is 3. The van der Waals surface area contributed by atoms with E-state index >= 15 is 0 Å². The van der Waals surface area contributed by atoms with Crippen LogP contribution in [0.1, 0.15) is 19.8 Å². The summed E-state index contributed by atoms with van der Waals surface area (Å²) < 4.78 is 47.8. The molecule has 7 heteroatoms. The van der Waals surface area contributed by atoms with Crippen LogP contribution < -0.4 is 5.73 Å². The summed E-state index contributed by atoms with van der Waals surface area (Å²) in [6.45, 7) is 2.09. The molecule has 0 amide bonds. The van der Waals surface area contributed by atoms with E-state index in [-0.39, 0.29) is 25.0 Å². The summed E-state index contributed by atoms with van der Waals surface area (Å²) in [4.78, 5) is 0. The van der Waals surface area contributed by atoms with Crippen molar-refractivity contribution in [2.75, 3.05) is 13.1 Å². The Morgan fingerprint density at radius 3 is 2.60 bits per heavy atom. The van der Waals surface area contributed by atoms with Crippen LogP contribution in [-0.4, -0.2) is 37.6 Å². The van der Waals surface area contributed by atoms with E-state index in [1.807, 2.05) is 6.92 Å². The van der Waals surface area contributed by atoms with Crippen molar-refractivity contribution in [2.24, 2.45) is 11.7 Å². The third-order valence-corrected chi connectivity index (χ3v) is 4.37. The predicted molar refractivity (Wildman–Crippen MR) is 52.9 cm³/mol. The molecule has 0 aromatic rings. The van der Waals surface area contributed by atoms with Crippen LogP contribution in [0.4, 0.5) is 8.78 Å². The zero-order chi connectivity index (χ0) is 11.6. The lowest BCUT2D eigenvalue weighted by Crippen LogP contribution is -2.50. The molecule has 0 aliphatic carbocycles. The molecule has 1 rings (SSSR count). The number of nitrogens with two attached hydrogens (primary N) is 1. The maximum absolute atomic E-state index is 12.3. The highest BCUT2D eigenvalue weighted by molar-refractivity contribution is 7.89. The molecule has 1 aliphatic rings. The third-order valence-electron chi connectivity index (χ3n) is 2.86. The number of halogens is 2. The van der Waals surface area contributed by atoms with Crippen LogP contribution in [0, 0.1) is 5.92 Å². The lowest BCUT2D eigenvalue weighted by molar-refractivity contribution is 0.189. The van der Waals surface area contributed by atoms with Crippen molar-refractivity contribution in [3.05, 3.63) is 0 Å². The van der Waals surface area contributed by atoms with E-state index in [0.717, 1.165) is 4.31 Å². The van der Waals surface area contributed by atoms with Gasteiger partial charge in [0.15, 0.2) is 0 Å². The molecule has 0 aromatic heterocycles. The Bertz CT molecular complexity index is 308. The molecule has 1 fully saturated rings. The lowest BCUT2D eigenvalue weighted by Gasteiger charge is -2.35. The van der Waals surface area contributed by atoms with Gasteiger partial charge in [-0.25, -0.2) is 8.42 Å². The number of rotatable bonds is 3. The van der Waals surface area contributed by atoms with Crippen LogP contribution in [0.2, 0.25) is 0 Å². The Morgan fingerprint density at radius 2 is 2.13 bits per heavy atom. The van der Waals surface area contributed by atoms with Gasteiger partial charge in [-0.05, 0) is 12.3 Å². The van der Waals surface area contributed by atoms with Crippen LogP contribution >= 0.6 is 0 Å². The first-order valence-electron chi connectivity index (χ1n) is 4.92. The number of alkyl halides is 2. The second kappa shape index (κ2) is 4.71. The van der Waals surface area contributed by atoms with Crippen molar-refractivity contribution in [2.45, 2.75) is 31.6 Å². The summed E-state index contributed by atoms with van der Waals surface area (Å²) >= 11 is 0. The number of nitrogens with zero attached hydrogens (tertiary/aromatic N) is 1. The van der Waals surface area contributed by atoms with Crippen molar-refractivity contribution in [3.8, 4) is 0 Å². The zero-order valence-corrected chi connectivity index (χ0v) is 9.38. The molecule has 2 unspecified atom stereocenters. The number of hydrogen-bond donors (Lipinski definition) is 1. The van der Waals surface area contributed by atoms with Crippen LogP contribution in [0.25, 0.3) is 0 Å². The second-order valence-electron chi connectivity index (χ2n) is 3.78. The summed E-state index contributed by atoms with van der Waals surface area (Å²) in [5.74, 6) is -3.35. The SMILES string of the molecule is CCC1CN(S(=O)(=O)C(F)F)CCC1N. The average molecular weight is 242 g/mol. The van der Waals surface area contributed by atoms with Gasteiger partial charge >= 0.3 is 5.76 Å². The van der Waals surface area contributed by atoms with E-state index in [1.165, 1.54) is 0 Å². The molecule has 2 N–H and O–H groups in total. The van der Waals surface area contributed by atoms with Crippen molar-refractivity contribution >= 4 is 10.0 Å². The van der Waals surface area contributed by atoms with Gasteiger partial charge in [0.2, 0.25) is 0 Å². The van der Waals surface area contributed by atoms with Crippen molar-refractivity contribution in [1.29, 1.82) is 0 Å². The van der Waals surface area contributed by atoms with Gasteiger partial charge in [-0.1, -0.05) is 13.3 Å². The molecule has 0 aromatic carbocycles. The Labute approximate surface area is 88.5 Å². The first kappa shape index (κ1) is 12.8. The van der Waals surface area contributed by atoms with Crippen LogP contribution in [0.5, 0.6) is 0 Å². The summed E-state index contributed by atoms with van der Waals surface area (Å²) in [5.41, 5.74) is 5.76. The van der Waals surface area contributed by atoms with Gasteiger partial charge in [0.05, 0.1) is 0 Å². The van der Waals surface area contributed by atoms with Gasteiger partial charge in [0.1, 0.15) is 0 Å². The largest absolute Gasteiger partial charge is 0.350 e. The molecule has 15 heavy (non-hydrogen) atoms. The topological polar surface area (TPSA) is 63.4 Å². The first-order valence-corrected chi connectivity index (χ1v) is 6.42. The molecule has 0 radical (unpaired) electrons. The minimum Gasteiger partial charge on any atom is -0.327 e. The van der Waals surface area contributed by atoms with E-state index in [2.05, 4.69) is 0 Å². The Kier molecular flexibility index (Phi) is 4.02. The smallest absolute Gasteiger partial charge is 0.327 e. The van der Waals surface area contributed by atoms with E-state index in [4.69, 9.17) is 5.73 Å². The molecule has 0 saturated carbocycles. The molecule has 90 valence electrons. The average Bonchev–Trinajstić information content (AvgIpc) is 2.18. The Hall–Kier alpha value is -0.270. The molecule has 4 nitrogen and oxygen atoms in total. The van der Waals surface area contributed by atoms with Gasteiger partial charge in [-0.2, -0.15) is 13.1 Å². The highest BCUT2D eigenvalue weighted by Crippen LogP contribution is 2.23. The normalized spacial score (nSPS) is 29.7. The molecule has 0 bridgehead atoms. The molecular weight excluding hydrogens is 226 g/mol. The van der Waals surface area contributed by atoms with Gasteiger partial charge in [-0.3, -0.25) is 0 Å². The monoisotopic (exact) mass is 242 g/mol. The summed E-state index contributed by atoms with van der Waals surface area (Å²) in [6, 6.07) is -0.0841. The van der Waals surface area contributed by atoms with Gasteiger partial charge in [-0.15, -0.1) is 0 Å². The quantitative estimate of drug-likeness (QED) is 0.788. The standard InChI is InChI=1S/C8H16F2N2O2S/c1-2-6-5-12(4-3-7(6)11)15(13,14)8(9)10/h6-8H,2-5,11H2,1H3. The van der Waals surface area contributed by atoms with E-state index < -0.39 is 15.8 Å². The Balaban J connectivity index is 2.75. The summed E-state index contributed by atoms with van der Waals surface area (Å²) in [7, 11) is -4.42. The number of sulfonamides is 1. The first-order chi connectivity index (χ1) is 6.89. The molecular formula is C8H16F2N2O2S. The fourth-order valence-electron chi connectivity index (χ4n) is 1.79. The number of piperidine rings is 1. The maximum atomic E-state index is 12.3. The zero-order valence-electron chi connectivity index (χ0n) is 8.57.